The first-order chi connectivity index (χ1) is 11.8. The minimum atomic E-state index is -4.66. The highest BCUT2D eigenvalue weighted by Crippen LogP contribution is 2.39. The molecule has 0 aliphatic heterocycles. The average molecular weight is 373 g/mol. The number of terminal acetylenes is 1. The number of nitrogens with zero attached hydrogens (tertiary/aromatic N) is 2. The highest BCUT2D eigenvalue weighted by Gasteiger charge is 2.41. The van der Waals surface area contributed by atoms with E-state index < -0.39 is 17.7 Å². The smallest absolute Gasteiger partial charge is 0.433 e. The van der Waals surface area contributed by atoms with E-state index >= 15 is 0 Å². The minimum absolute atomic E-state index is 0.00221. The molecule has 0 unspecified atom stereocenters. The average Bonchev–Trinajstić information content (AvgIpc) is 2.93. The quantitative estimate of drug-likeness (QED) is 0.582. The van der Waals surface area contributed by atoms with Crippen molar-refractivity contribution in [1.29, 1.82) is 0 Å². The zero-order chi connectivity index (χ0) is 18.2. The molecule has 1 aliphatic rings. The van der Waals surface area contributed by atoms with Gasteiger partial charge in [-0.25, -0.2) is 9.07 Å². The number of benzene rings is 1. The third-order valence-electron chi connectivity index (χ3n) is 3.97. The third kappa shape index (κ3) is 3.31. The Labute approximate surface area is 146 Å². The van der Waals surface area contributed by atoms with Gasteiger partial charge in [0.1, 0.15) is 18.0 Å². The van der Waals surface area contributed by atoms with E-state index in [9.17, 15) is 17.6 Å². The van der Waals surface area contributed by atoms with Gasteiger partial charge in [0.05, 0.1) is 10.7 Å². The predicted molar refractivity (Wildman–Crippen MR) is 84.5 cm³/mol. The Morgan fingerprint density at radius 1 is 1.28 bits per heavy atom. The van der Waals surface area contributed by atoms with Gasteiger partial charge in [0.15, 0.2) is 11.5 Å². The van der Waals surface area contributed by atoms with Crippen LogP contribution in [-0.4, -0.2) is 16.4 Å². The highest BCUT2D eigenvalue weighted by atomic mass is 35.5. The molecule has 25 heavy (non-hydrogen) atoms. The zero-order valence-electron chi connectivity index (χ0n) is 13.0. The number of halogens is 5. The van der Waals surface area contributed by atoms with Crippen molar-refractivity contribution < 1.29 is 22.3 Å². The predicted octanol–water partition coefficient (Wildman–Crippen LogP) is 4.57. The van der Waals surface area contributed by atoms with E-state index in [1.165, 1.54) is 0 Å². The topological polar surface area (TPSA) is 27.1 Å². The molecule has 1 aromatic heterocycles. The Morgan fingerprint density at radius 2 is 2.00 bits per heavy atom. The van der Waals surface area contributed by atoms with Gasteiger partial charge in [-0.1, -0.05) is 17.5 Å². The summed E-state index contributed by atoms with van der Waals surface area (Å²) >= 11 is 5.87. The molecule has 8 heteroatoms. The number of aromatic nitrogens is 2. The number of hydrogen-bond donors (Lipinski definition) is 0. The molecule has 1 aliphatic carbocycles. The lowest BCUT2D eigenvalue weighted by Crippen LogP contribution is -2.17. The van der Waals surface area contributed by atoms with Crippen LogP contribution in [0.3, 0.4) is 0 Å². The van der Waals surface area contributed by atoms with E-state index in [0.717, 1.165) is 18.6 Å². The van der Waals surface area contributed by atoms with Crippen molar-refractivity contribution in [2.75, 3.05) is 6.61 Å². The molecule has 0 fully saturated rings. The van der Waals surface area contributed by atoms with Gasteiger partial charge in [0, 0.05) is 11.6 Å². The van der Waals surface area contributed by atoms with Crippen molar-refractivity contribution in [1.82, 2.24) is 9.78 Å². The molecule has 0 saturated heterocycles. The van der Waals surface area contributed by atoms with Gasteiger partial charge >= 0.3 is 6.18 Å². The van der Waals surface area contributed by atoms with Crippen LogP contribution in [0.1, 0.15) is 29.8 Å². The minimum Gasteiger partial charge on any atom is -0.479 e. The van der Waals surface area contributed by atoms with Crippen LogP contribution in [-0.2, 0) is 19.0 Å². The van der Waals surface area contributed by atoms with Crippen LogP contribution >= 0.6 is 11.6 Å². The summed E-state index contributed by atoms with van der Waals surface area (Å²) < 4.78 is 60.9. The number of rotatable bonds is 3. The molecule has 3 rings (SSSR count). The highest BCUT2D eigenvalue weighted by molar-refractivity contribution is 6.32. The van der Waals surface area contributed by atoms with E-state index in [0.29, 0.717) is 23.2 Å². The van der Waals surface area contributed by atoms with E-state index in [1.807, 2.05) is 0 Å². The monoisotopic (exact) mass is 372 g/mol. The Hall–Kier alpha value is -2.20. The number of hydrogen-bond acceptors (Lipinski definition) is 2. The van der Waals surface area contributed by atoms with Gasteiger partial charge in [0.2, 0.25) is 0 Å². The number of alkyl halides is 3. The number of fused-ring (bicyclic) bond motifs is 1. The molecule has 0 bridgehead atoms. The molecular formula is C17H13ClF4N2O. The SMILES string of the molecule is C#CCOc1cc(-n2nc3c(c2C(F)(F)F)CCCC3)c(F)cc1Cl. The molecule has 3 nitrogen and oxygen atoms in total. The summed E-state index contributed by atoms with van der Waals surface area (Å²) in [4.78, 5) is 0. The van der Waals surface area contributed by atoms with Crippen molar-refractivity contribution in [2.45, 2.75) is 31.9 Å². The maximum Gasteiger partial charge on any atom is 0.433 e. The molecule has 0 radical (unpaired) electrons. The summed E-state index contributed by atoms with van der Waals surface area (Å²) in [5, 5.41) is 3.94. The second-order valence-electron chi connectivity index (χ2n) is 5.62. The molecule has 0 atom stereocenters. The first kappa shape index (κ1) is 17.6. The van der Waals surface area contributed by atoms with E-state index in [-0.39, 0.29) is 35.1 Å². The van der Waals surface area contributed by atoms with Crippen molar-refractivity contribution in [3.8, 4) is 23.8 Å². The second kappa shape index (κ2) is 6.60. The Bertz CT molecular complexity index is 852. The summed E-state index contributed by atoms with van der Waals surface area (Å²) in [6.45, 7) is -0.146. The molecule has 132 valence electrons. The van der Waals surface area contributed by atoms with Crippen LogP contribution < -0.4 is 4.74 Å². The maximum absolute atomic E-state index is 14.4. The first-order valence-corrected chi connectivity index (χ1v) is 7.94. The molecule has 0 amide bonds. The normalized spacial score (nSPS) is 14.1. The van der Waals surface area contributed by atoms with Crippen LogP contribution in [0.5, 0.6) is 5.75 Å². The maximum atomic E-state index is 14.4. The van der Waals surface area contributed by atoms with Crippen LogP contribution in [0, 0.1) is 18.2 Å². The third-order valence-corrected chi connectivity index (χ3v) is 4.26. The molecule has 1 aromatic carbocycles. The lowest BCUT2D eigenvalue weighted by molar-refractivity contribution is -0.143. The van der Waals surface area contributed by atoms with Crippen molar-refractivity contribution >= 4 is 11.6 Å². The summed E-state index contributed by atoms with van der Waals surface area (Å²) in [6, 6.07) is 1.98. The lowest BCUT2D eigenvalue weighted by Gasteiger charge is -2.15. The van der Waals surface area contributed by atoms with Crippen molar-refractivity contribution in [3.05, 3.63) is 39.9 Å². The fourth-order valence-corrected chi connectivity index (χ4v) is 3.13. The largest absolute Gasteiger partial charge is 0.479 e. The Kier molecular flexibility index (Phi) is 4.65. The van der Waals surface area contributed by atoms with Gasteiger partial charge in [-0.3, -0.25) is 0 Å². The fourth-order valence-electron chi connectivity index (χ4n) is 2.93. The molecule has 0 spiro atoms. The molecule has 1 heterocycles. The lowest BCUT2D eigenvalue weighted by atomic mass is 9.96. The fraction of sp³-hybridized carbons (Fsp3) is 0.353. The van der Waals surface area contributed by atoms with Crippen LogP contribution in [0.15, 0.2) is 12.1 Å². The Balaban J connectivity index is 2.20. The number of ether oxygens (including phenoxy) is 1. The summed E-state index contributed by atoms with van der Waals surface area (Å²) in [6.07, 6.45) is 2.52. The van der Waals surface area contributed by atoms with Gasteiger partial charge in [-0.15, -0.1) is 6.42 Å². The van der Waals surface area contributed by atoms with Crippen molar-refractivity contribution in [3.63, 3.8) is 0 Å². The van der Waals surface area contributed by atoms with Gasteiger partial charge < -0.3 is 4.74 Å². The van der Waals surface area contributed by atoms with E-state index in [2.05, 4.69) is 11.0 Å². The van der Waals surface area contributed by atoms with Gasteiger partial charge in [0.25, 0.3) is 0 Å². The van der Waals surface area contributed by atoms with Gasteiger partial charge in [-0.2, -0.15) is 18.3 Å². The number of aryl methyl sites for hydroxylation is 1. The first-order valence-electron chi connectivity index (χ1n) is 7.56. The summed E-state index contributed by atoms with van der Waals surface area (Å²) in [5.41, 5.74) is -0.859. The molecule has 0 saturated carbocycles. The van der Waals surface area contributed by atoms with Crippen LogP contribution in [0.2, 0.25) is 5.02 Å². The molecular weight excluding hydrogens is 360 g/mol. The van der Waals surface area contributed by atoms with E-state index in [4.69, 9.17) is 22.8 Å². The van der Waals surface area contributed by atoms with E-state index in [1.54, 1.807) is 0 Å². The van der Waals surface area contributed by atoms with Crippen LogP contribution in [0.4, 0.5) is 17.6 Å². The summed E-state index contributed by atoms with van der Waals surface area (Å²) in [7, 11) is 0. The summed E-state index contributed by atoms with van der Waals surface area (Å²) in [5.74, 6) is 1.29. The standard InChI is InChI=1S/C17H13ClF4N2O/c1-2-7-25-15-9-14(12(19)8-11(15)18)24-16(17(20,21)22)10-5-3-4-6-13(10)23-24/h1,8-9H,3-7H2. The van der Waals surface area contributed by atoms with Crippen molar-refractivity contribution in [2.24, 2.45) is 0 Å². The van der Waals surface area contributed by atoms with Gasteiger partial charge in [-0.05, 0) is 31.7 Å². The zero-order valence-corrected chi connectivity index (χ0v) is 13.7. The second-order valence-corrected chi connectivity index (χ2v) is 6.02. The molecule has 0 N–H and O–H groups in total. The molecule has 2 aromatic rings. The Morgan fingerprint density at radius 3 is 2.68 bits per heavy atom. The van der Waals surface area contributed by atoms with Crippen LogP contribution in [0.25, 0.3) is 5.69 Å².